The van der Waals surface area contributed by atoms with Crippen molar-refractivity contribution in [1.82, 2.24) is 14.8 Å². The lowest BCUT2D eigenvalue weighted by molar-refractivity contribution is -0.149. The molecule has 0 N–H and O–H groups in total. The lowest BCUT2D eigenvalue weighted by Gasteiger charge is -2.19. The van der Waals surface area contributed by atoms with Crippen LogP contribution in [0.3, 0.4) is 0 Å². The first-order chi connectivity index (χ1) is 9.09. The molecule has 0 saturated carbocycles. The van der Waals surface area contributed by atoms with E-state index in [0.29, 0.717) is 5.56 Å². The predicted octanol–water partition coefficient (Wildman–Crippen LogP) is 2.33. The Morgan fingerprint density at radius 3 is 2.58 bits per heavy atom. The largest absolute Gasteiger partial charge is 0.435 e. The molecule has 1 aromatic carbocycles. The molecule has 0 radical (unpaired) electrons. The Morgan fingerprint density at radius 2 is 2.00 bits per heavy atom. The molecule has 1 atom stereocenters. The number of hydrogen-bond acceptors (Lipinski definition) is 4. The number of halogens is 2. The van der Waals surface area contributed by atoms with Gasteiger partial charge in [0.2, 0.25) is 6.23 Å². The number of esters is 1. The summed E-state index contributed by atoms with van der Waals surface area (Å²) in [6.07, 6.45) is -2.85. The number of ether oxygens (including phenoxy) is 1. The second-order valence-electron chi connectivity index (χ2n) is 3.74. The Kier molecular flexibility index (Phi) is 3.84. The number of benzene rings is 1. The number of alkyl halides is 2. The van der Waals surface area contributed by atoms with E-state index in [0.717, 1.165) is 11.0 Å². The summed E-state index contributed by atoms with van der Waals surface area (Å²) in [5.74, 6) is -1.14. The molecule has 1 heterocycles. The molecule has 0 aliphatic carbocycles. The summed E-state index contributed by atoms with van der Waals surface area (Å²) < 4.78 is 31.6. The maximum atomic E-state index is 12.8. The highest BCUT2D eigenvalue weighted by molar-refractivity contribution is 5.66. The van der Waals surface area contributed by atoms with Gasteiger partial charge in [-0.3, -0.25) is 4.79 Å². The molecule has 5 nitrogen and oxygen atoms in total. The Balaban J connectivity index is 2.43. The molecule has 0 aliphatic rings. The summed E-state index contributed by atoms with van der Waals surface area (Å²) >= 11 is 0. The van der Waals surface area contributed by atoms with E-state index < -0.39 is 24.4 Å². The number of aromatic nitrogens is 3. The van der Waals surface area contributed by atoms with E-state index in [1.807, 2.05) is 0 Å². The molecule has 0 spiro atoms. The zero-order valence-electron chi connectivity index (χ0n) is 10.0. The van der Waals surface area contributed by atoms with Gasteiger partial charge >= 0.3 is 5.97 Å². The summed E-state index contributed by atoms with van der Waals surface area (Å²) in [5.41, 5.74) is 0.533. The first kappa shape index (κ1) is 13.1. The summed E-state index contributed by atoms with van der Waals surface area (Å²) in [6.45, 7) is 1.20. The minimum atomic E-state index is -2.80. The van der Waals surface area contributed by atoms with Gasteiger partial charge in [-0.1, -0.05) is 30.3 Å². The summed E-state index contributed by atoms with van der Waals surface area (Å²) in [5, 5.41) is 3.72. The molecule has 0 fully saturated rings. The van der Waals surface area contributed by atoms with Crippen molar-refractivity contribution >= 4 is 5.97 Å². The average molecular weight is 267 g/mol. The molecule has 2 rings (SSSR count). The zero-order valence-corrected chi connectivity index (χ0v) is 10.0. The van der Waals surface area contributed by atoms with E-state index in [-0.39, 0.29) is 0 Å². The molecule has 0 bridgehead atoms. The van der Waals surface area contributed by atoms with Crippen LogP contribution in [0.15, 0.2) is 36.7 Å². The van der Waals surface area contributed by atoms with Gasteiger partial charge in [0, 0.05) is 12.5 Å². The molecule has 7 heteroatoms. The van der Waals surface area contributed by atoms with Gasteiger partial charge in [0.25, 0.3) is 6.43 Å². The number of carbonyl (C=O) groups excluding carboxylic acids is 1. The number of hydrogen-bond donors (Lipinski definition) is 0. The van der Waals surface area contributed by atoms with Crippen molar-refractivity contribution in [2.24, 2.45) is 0 Å². The molecule has 0 aliphatic heterocycles. The van der Waals surface area contributed by atoms with E-state index in [1.165, 1.54) is 6.92 Å². The highest BCUT2D eigenvalue weighted by atomic mass is 19.3. The Morgan fingerprint density at radius 1 is 1.32 bits per heavy atom. The number of carbonyl (C=O) groups is 1. The lowest BCUT2D eigenvalue weighted by Crippen LogP contribution is -2.20. The summed E-state index contributed by atoms with van der Waals surface area (Å²) in [4.78, 5) is 14.6. The molecule has 0 amide bonds. The maximum Gasteiger partial charge on any atom is 0.304 e. The van der Waals surface area contributed by atoms with Crippen LogP contribution in [0.1, 0.15) is 31.0 Å². The highest BCUT2D eigenvalue weighted by Gasteiger charge is 2.25. The fraction of sp³-hybridized carbons (Fsp3) is 0.250. The second kappa shape index (κ2) is 5.55. The van der Waals surface area contributed by atoms with Gasteiger partial charge in [0.15, 0.2) is 5.82 Å². The number of nitrogens with zero attached hydrogens (tertiary/aromatic N) is 3. The van der Waals surface area contributed by atoms with Crippen molar-refractivity contribution in [3.05, 3.63) is 48.0 Å². The zero-order chi connectivity index (χ0) is 13.8. The van der Waals surface area contributed by atoms with Crippen molar-refractivity contribution in [3.8, 4) is 0 Å². The van der Waals surface area contributed by atoms with Crippen LogP contribution in [-0.2, 0) is 9.53 Å². The molecular weight excluding hydrogens is 256 g/mol. The average Bonchev–Trinajstić information content (AvgIpc) is 2.86. The van der Waals surface area contributed by atoms with Crippen molar-refractivity contribution < 1.29 is 18.3 Å². The molecule has 1 unspecified atom stereocenters. The molecular formula is C12H11F2N3O2. The lowest BCUT2D eigenvalue weighted by atomic mass is 10.2. The van der Waals surface area contributed by atoms with E-state index in [4.69, 9.17) is 4.74 Å². The minimum absolute atomic E-state index is 0.533. The van der Waals surface area contributed by atoms with E-state index in [9.17, 15) is 13.6 Å². The standard InChI is InChI=1S/C12H11F2N3O2/c1-8(18)19-12(9-5-3-2-4-6-9)17-11(10(13)14)15-7-16-17/h2-7,10,12H,1H3. The maximum absolute atomic E-state index is 12.8. The van der Waals surface area contributed by atoms with Gasteiger partial charge in [0.05, 0.1) is 0 Å². The van der Waals surface area contributed by atoms with Gasteiger partial charge in [-0.15, -0.1) is 0 Å². The Bertz CT molecular complexity index is 557. The van der Waals surface area contributed by atoms with Gasteiger partial charge in [-0.05, 0) is 0 Å². The molecule has 100 valence electrons. The van der Waals surface area contributed by atoms with Crippen LogP contribution in [0, 0.1) is 0 Å². The SMILES string of the molecule is CC(=O)OC(c1ccccc1)n1ncnc1C(F)F. The first-order valence-corrected chi connectivity index (χ1v) is 5.49. The quantitative estimate of drug-likeness (QED) is 0.798. The van der Waals surface area contributed by atoms with Crippen LogP contribution in [-0.4, -0.2) is 20.7 Å². The molecule has 19 heavy (non-hydrogen) atoms. The fourth-order valence-corrected chi connectivity index (χ4v) is 1.63. The van der Waals surface area contributed by atoms with E-state index in [1.54, 1.807) is 30.3 Å². The van der Waals surface area contributed by atoms with Crippen LogP contribution in [0.4, 0.5) is 8.78 Å². The van der Waals surface area contributed by atoms with Crippen molar-refractivity contribution in [2.75, 3.05) is 0 Å². The molecule has 2 aromatic rings. The predicted molar refractivity (Wildman–Crippen MR) is 61.3 cm³/mol. The third-order valence-corrected chi connectivity index (χ3v) is 2.38. The van der Waals surface area contributed by atoms with Crippen molar-refractivity contribution in [2.45, 2.75) is 19.6 Å². The van der Waals surface area contributed by atoms with Crippen LogP contribution in [0.5, 0.6) is 0 Å². The molecule has 0 saturated heterocycles. The van der Waals surface area contributed by atoms with Crippen LogP contribution >= 0.6 is 0 Å². The van der Waals surface area contributed by atoms with Crippen LogP contribution in [0.25, 0.3) is 0 Å². The topological polar surface area (TPSA) is 57.0 Å². The third-order valence-electron chi connectivity index (χ3n) is 2.38. The van der Waals surface area contributed by atoms with Crippen molar-refractivity contribution in [3.63, 3.8) is 0 Å². The number of rotatable bonds is 4. The summed E-state index contributed by atoms with van der Waals surface area (Å²) in [6, 6.07) is 8.51. The van der Waals surface area contributed by atoms with E-state index >= 15 is 0 Å². The smallest absolute Gasteiger partial charge is 0.304 e. The highest BCUT2D eigenvalue weighted by Crippen LogP contribution is 2.24. The van der Waals surface area contributed by atoms with Crippen LogP contribution < -0.4 is 0 Å². The molecule has 1 aromatic heterocycles. The van der Waals surface area contributed by atoms with Gasteiger partial charge in [-0.25, -0.2) is 18.4 Å². The third kappa shape index (κ3) is 2.93. The fourth-order valence-electron chi connectivity index (χ4n) is 1.63. The van der Waals surface area contributed by atoms with E-state index in [2.05, 4.69) is 10.1 Å². The van der Waals surface area contributed by atoms with Gasteiger partial charge in [0.1, 0.15) is 6.33 Å². The first-order valence-electron chi connectivity index (χ1n) is 5.49. The van der Waals surface area contributed by atoms with Crippen LogP contribution in [0.2, 0.25) is 0 Å². The minimum Gasteiger partial charge on any atom is -0.435 e. The second-order valence-corrected chi connectivity index (χ2v) is 3.74. The van der Waals surface area contributed by atoms with Gasteiger partial charge in [-0.2, -0.15) is 5.10 Å². The summed E-state index contributed by atoms with van der Waals surface area (Å²) in [7, 11) is 0. The Labute approximate surface area is 107 Å². The van der Waals surface area contributed by atoms with Gasteiger partial charge < -0.3 is 4.74 Å². The normalized spacial score (nSPS) is 12.4. The Hall–Kier alpha value is -2.31. The monoisotopic (exact) mass is 267 g/mol. The van der Waals surface area contributed by atoms with Crippen molar-refractivity contribution in [1.29, 1.82) is 0 Å².